The zero-order valence-corrected chi connectivity index (χ0v) is 9.90. The molecule has 3 rings (SSSR count). The van der Waals surface area contributed by atoms with Crippen molar-refractivity contribution >= 4 is 15.9 Å². The summed E-state index contributed by atoms with van der Waals surface area (Å²) in [7, 11) is 0. The molecular formula is C11H13BrN2O. The summed E-state index contributed by atoms with van der Waals surface area (Å²) in [5.74, 6) is 2.27. The third-order valence-electron chi connectivity index (χ3n) is 3.30. The van der Waals surface area contributed by atoms with E-state index < -0.39 is 0 Å². The van der Waals surface area contributed by atoms with Crippen molar-refractivity contribution in [3.63, 3.8) is 0 Å². The van der Waals surface area contributed by atoms with Crippen molar-refractivity contribution in [3.05, 3.63) is 22.9 Å². The van der Waals surface area contributed by atoms with E-state index in [0.717, 1.165) is 23.3 Å². The first-order valence-electron chi connectivity index (χ1n) is 5.31. The largest absolute Gasteiger partial charge is 0.488 e. The van der Waals surface area contributed by atoms with Crippen LogP contribution in [0.5, 0.6) is 5.75 Å². The van der Waals surface area contributed by atoms with E-state index in [1.54, 1.807) is 12.4 Å². The molecule has 3 nitrogen and oxygen atoms in total. The third kappa shape index (κ3) is 1.76. The third-order valence-corrected chi connectivity index (χ3v) is 3.73. The normalized spacial score (nSPS) is 33.3. The number of halogens is 1. The Labute approximate surface area is 97.4 Å². The van der Waals surface area contributed by atoms with E-state index in [-0.39, 0.29) is 0 Å². The van der Waals surface area contributed by atoms with Gasteiger partial charge in [0.1, 0.15) is 11.9 Å². The second-order valence-corrected chi connectivity index (χ2v) is 5.25. The monoisotopic (exact) mass is 268 g/mol. The predicted molar refractivity (Wildman–Crippen MR) is 60.8 cm³/mol. The number of piperidine rings is 2. The minimum Gasteiger partial charge on any atom is -0.488 e. The quantitative estimate of drug-likeness (QED) is 0.889. The lowest BCUT2D eigenvalue weighted by atomic mass is 9.69. The summed E-state index contributed by atoms with van der Waals surface area (Å²) in [5, 5.41) is 3.41. The lowest BCUT2D eigenvalue weighted by Crippen LogP contribution is -2.59. The van der Waals surface area contributed by atoms with Gasteiger partial charge in [0.05, 0.1) is 6.20 Å². The molecule has 0 radical (unpaired) electrons. The highest BCUT2D eigenvalue weighted by Gasteiger charge is 2.45. The van der Waals surface area contributed by atoms with Crippen LogP contribution in [-0.2, 0) is 0 Å². The number of nitrogens with one attached hydrogen (secondary N) is 1. The summed E-state index contributed by atoms with van der Waals surface area (Å²) >= 11 is 3.40. The molecule has 2 bridgehead atoms. The Morgan fingerprint density at radius 3 is 2.80 bits per heavy atom. The van der Waals surface area contributed by atoms with Crippen LogP contribution in [0.1, 0.15) is 6.42 Å². The molecule has 15 heavy (non-hydrogen) atoms. The summed E-state index contributed by atoms with van der Waals surface area (Å²) in [5.41, 5.74) is 0. The smallest absolute Gasteiger partial charge is 0.139 e. The van der Waals surface area contributed by atoms with E-state index in [2.05, 4.69) is 26.2 Å². The van der Waals surface area contributed by atoms with Gasteiger partial charge < -0.3 is 10.1 Å². The van der Waals surface area contributed by atoms with Crippen LogP contribution < -0.4 is 10.1 Å². The van der Waals surface area contributed by atoms with Gasteiger partial charge in [-0.1, -0.05) is 0 Å². The second kappa shape index (κ2) is 3.76. The van der Waals surface area contributed by atoms with Gasteiger partial charge in [-0.05, 0) is 28.4 Å². The van der Waals surface area contributed by atoms with E-state index >= 15 is 0 Å². The molecule has 0 spiro atoms. The lowest BCUT2D eigenvalue weighted by molar-refractivity contribution is -0.0447. The fourth-order valence-electron chi connectivity index (χ4n) is 2.51. The van der Waals surface area contributed by atoms with E-state index in [0.29, 0.717) is 17.9 Å². The highest BCUT2D eigenvalue weighted by Crippen LogP contribution is 2.39. The van der Waals surface area contributed by atoms with Crippen molar-refractivity contribution in [3.8, 4) is 5.75 Å². The van der Waals surface area contributed by atoms with E-state index in [4.69, 9.17) is 4.74 Å². The van der Waals surface area contributed by atoms with Crippen LogP contribution in [0.2, 0.25) is 0 Å². The van der Waals surface area contributed by atoms with E-state index in [1.807, 2.05) is 6.07 Å². The first kappa shape index (κ1) is 9.60. The topological polar surface area (TPSA) is 34.1 Å². The molecule has 1 unspecified atom stereocenters. The van der Waals surface area contributed by atoms with Crippen LogP contribution >= 0.6 is 15.9 Å². The zero-order valence-electron chi connectivity index (χ0n) is 8.32. The Bertz CT molecular complexity index is 357. The fraction of sp³-hybridized carbons (Fsp3) is 0.545. The zero-order chi connectivity index (χ0) is 10.3. The second-order valence-electron chi connectivity index (χ2n) is 4.34. The van der Waals surface area contributed by atoms with Gasteiger partial charge in [-0.3, -0.25) is 4.98 Å². The maximum atomic E-state index is 5.97. The Morgan fingerprint density at radius 2 is 2.13 bits per heavy atom. The summed E-state index contributed by atoms with van der Waals surface area (Å²) in [6.07, 6.45) is 5.28. The van der Waals surface area contributed by atoms with Crippen molar-refractivity contribution in [1.82, 2.24) is 10.3 Å². The van der Waals surface area contributed by atoms with E-state index in [1.165, 1.54) is 6.42 Å². The SMILES string of the molecule is Brc1cncc(OC2[C@@H]3CNC[C@H]2C3)c1. The van der Waals surface area contributed by atoms with Gasteiger partial charge in [0.2, 0.25) is 0 Å². The standard InChI is InChI=1S/C11H13BrN2O/c12-9-2-10(6-14-5-9)15-11-7-1-8(11)4-13-3-7/h2,5-8,11,13H,1,3-4H2/t7-,8+,11?. The van der Waals surface area contributed by atoms with Crippen molar-refractivity contribution in [2.24, 2.45) is 11.8 Å². The van der Waals surface area contributed by atoms with Gasteiger partial charge >= 0.3 is 0 Å². The molecule has 0 aromatic carbocycles. The molecule has 1 aromatic rings. The summed E-state index contributed by atoms with van der Waals surface area (Å²) < 4.78 is 6.94. The maximum Gasteiger partial charge on any atom is 0.139 e. The molecule has 2 fully saturated rings. The Balaban J connectivity index is 1.70. The fourth-order valence-corrected chi connectivity index (χ4v) is 2.85. The average Bonchev–Trinajstić information content (AvgIpc) is 2.27. The number of aromatic nitrogens is 1. The molecule has 2 aliphatic rings. The molecule has 1 aliphatic carbocycles. The van der Waals surface area contributed by atoms with Crippen LogP contribution in [-0.4, -0.2) is 24.2 Å². The molecule has 4 heteroatoms. The molecule has 1 saturated heterocycles. The highest BCUT2D eigenvalue weighted by atomic mass is 79.9. The molecule has 3 atom stereocenters. The lowest BCUT2D eigenvalue weighted by Gasteiger charge is -2.48. The van der Waals surface area contributed by atoms with Crippen molar-refractivity contribution in [2.45, 2.75) is 12.5 Å². The summed E-state index contributed by atoms with van der Waals surface area (Å²) in [6, 6.07) is 1.98. The van der Waals surface area contributed by atoms with Gasteiger partial charge in [0.15, 0.2) is 0 Å². The molecule has 1 aliphatic heterocycles. The number of nitrogens with zero attached hydrogens (tertiary/aromatic N) is 1. The van der Waals surface area contributed by atoms with Crippen LogP contribution in [0, 0.1) is 11.8 Å². The summed E-state index contributed by atoms with van der Waals surface area (Å²) in [6.45, 7) is 2.20. The van der Waals surface area contributed by atoms with Gasteiger partial charge in [0.25, 0.3) is 0 Å². The van der Waals surface area contributed by atoms with E-state index in [9.17, 15) is 0 Å². The van der Waals surface area contributed by atoms with Crippen LogP contribution in [0.15, 0.2) is 22.9 Å². The number of ether oxygens (including phenoxy) is 1. The maximum absolute atomic E-state index is 5.97. The van der Waals surface area contributed by atoms with Crippen LogP contribution in [0.25, 0.3) is 0 Å². The molecular weight excluding hydrogens is 256 g/mol. The van der Waals surface area contributed by atoms with Gasteiger partial charge in [-0.2, -0.15) is 0 Å². The molecule has 0 amide bonds. The number of hydrogen-bond donors (Lipinski definition) is 1. The molecule has 1 aromatic heterocycles. The molecule has 2 heterocycles. The van der Waals surface area contributed by atoms with Gasteiger partial charge in [-0.25, -0.2) is 0 Å². The Hall–Kier alpha value is -0.610. The predicted octanol–water partition coefficient (Wildman–Crippen LogP) is 1.83. The minimum atomic E-state index is 0.405. The number of rotatable bonds is 2. The minimum absolute atomic E-state index is 0.405. The van der Waals surface area contributed by atoms with Crippen molar-refractivity contribution in [1.29, 1.82) is 0 Å². The first-order chi connectivity index (χ1) is 7.33. The van der Waals surface area contributed by atoms with Crippen LogP contribution in [0.4, 0.5) is 0 Å². The number of hydrogen-bond acceptors (Lipinski definition) is 3. The van der Waals surface area contributed by atoms with Crippen molar-refractivity contribution in [2.75, 3.05) is 13.1 Å². The van der Waals surface area contributed by atoms with Gasteiger partial charge in [-0.15, -0.1) is 0 Å². The number of pyridine rings is 1. The first-order valence-corrected chi connectivity index (χ1v) is 6.10. The molecule has 1 saturated carbocycles. The van der Waals surface area contributed by atoms with Crippen LogP contribution in [0.3, 0.4) is 0 Å². The van der Waals surface area contributed by atoms with Crippen molar-refractivity contribution < 1.29 is 4.74 Å². The summed E-state index contributed by atoms with van der Waals surface area (Å²) in [4.78, 5) is 4.10. The highest BCUT2D eigenvalue weighted by molar-refractivity contribution is 9.10. The Morgan fingerprint density at radius 1 is 1.33 bits per heavy atom. The molecule has 80 valence electrons. The molecule has 1 N–H and O–H groups in total. The average molecular weight is 269 g/mol. The number of fused-ring (bicyclic) bond motifs is 2. The van der Waals surface area contributed by atoms with Gasteiger partial charge in [0, 0.05) is 35.6 Å². The Kier molecular flexibility index (Phi) is 2.41.